The molecule has 17 heavy (non-hydrogen) atoms. The largest absolute Gasteiger partial charge is 0.392 e. The number of carbonyl (C=O) groups is 2. The molecule has 0 bridgehead atoms. The standard InChI is InChI=1S/C12H22N2O3/c1-3-10-6-4-5-7-14(10)12(17)11(16)13-8-9(2)15/h9-10,15H,3-8H2,1-2H3,(H,13,16). The zero-order chi connectivity index (χ0) is 12.8. The Balaban J connectivity index is 2.51. The molecule has 5 nitrogen and oxygen atoms in total. The number of nitrogens with one attached hydrogen (secondary N) is 1. The summed E-state index contributed by atoms with van der Waals surface area (Å²) in [6, 6.07) is 0.188. The van der Waals surface area contributed by atoms with Crippen molar-refractivity contribution in [1.29, 1.82) is 0 Å². The Kier molecular flexibility index (Phi) is 5.41. The van der Waals surface area contributed by atoms with E-state index in [-0.39, 0.29) is 12.6 Å². The topological polar surface area (TPSA) is 69.6 Å². The monoisotopic (exact) mass is 242 g/mol. The third-order valence-electron chi connectivity index (χ3n) is 3.11. The quantitative estimate of drug-likeness (QED) is 0.698. The number of nitrogens with zero attached hydrogens (tertiary/aromatic N) is 1. The van der Waals surface area contributed by atoms with Gasteiger partial charge in [0.05, 0.1) is 6.10 Å². The Morgan fingerprint density at radius 3 is 2.76 bits per heavy atom. The minimum Gasteiger partial charge on any atom is -0.392 e. The molecule has 1 aliphatic rings. The van der Waals surface area contributed by atoms with Crippen LogP contribution in [0.4, 0.5) is 0 Å². The number of hydrogen-bond acceptors (Lipinski definition) is 3. The van der Waals surface area contributed by atoms with Gasteiger partial charge in [-0.1, -0.05) is 6.92 Å². The molecule has 1 rings (SSSR count). The zero-order valence-corrected chi connectivity index (χ0v) is 10.6. The van der Waals surface area contributed by atoms with Crippen LogP contribution in [0, 0.1) is 0 Å². The van der Waals surface area contributed by atoms with Crippen molar-refractivity contribution in [2.45, 2.75) is 51.7 Å². The molecule has 0 aromatic heterocycles. The second-order valence-electron chi connectivity index (χ2n) is 4.62. The molecule has 5 heteroatoms. The highest BCUT2D eigenvalue weighted by molar-refractivity contribution is 6.35. The third kappa shape index (κ3) is 4.00. The average molecular weight is 242 g/mol. The molecule has 2 amide bonds. The molecule has 0 aromatic rings. The van der Waals surface area contributed by atoms with E-state index >= 15 is 0 Å². The average Bonchev–Trinajstić information content (AvgIpc) is 2.34. The van der Waals surface area contributed by atoms with Gasteiger partial charge in [-0.25, -0.2) is 0 Å². The predicted molar refractivity (Wildman–Crippen MR) is 64.3 cm³/mol. The maximum absolute atomic E-state index is 11.9. The molecular formula is C12H22N2O3. The van der Waals surface area contributed by atoms with E-state index in [0.29, 0.717) is 6.54 Å². The summed E-state index contributed by atoms with van der Waals surface area (Å²) < 4.78 is 0. The van der Waals surface area contributed by atoms with E-state index in [1.54, 1.807) is 11.8 Å². The lowest BCUT2D eigenvalue weighted by Crippen LogP contribution is -2.50. The van der Waals surface area contributed by atoms with Crippen molar-refractivity contribution < 1.29 is 14.7 Å². The molecular weight excluding hydrogens is 220 g/mol. The van der Waals surface area contributed by atoms with Crippen molar-refractivity contribution in [3.8, 4) is 0 Å². The molecule has 0 saturated carbocycles. The second kappa shape index (κ2) is 6.59. The fourth-order valence-electron chi connectivity index (χ4n) is 2.14. The summed E-state index contributed by atoms with van der Waals surface area (Å²) in [5.74, 6) is -1.07. The van der Waals surface area contributed by atoms with Crippen LogP contribution in [-0.2, 0) is 9.59 Å². The number of aliphatic hydroxyl groups excluding tert-OH is 1. The van der Waals surface area contributed by atoms with Gasteiger partial charge in [0.2, 0.25) is 0 Å². The van der Waals surface area contributed by atoms with Gasteiger partial charge >= 0.3 is 11.8 Å². The van der Waals surface area contributed by atoms with E-state index in [1.807, 2.05) is 6.92 Å². The second-order valence-corrected chi connectivity index (χ2v) is 4.62. The highest BCUT2D eigenvalue weighted by Gasteiger charge is 2.29. The third-order valence-corrected chi connectivity index (χ3v) is 3.11. The molecule has 0 aliphatic carbocycles. The first-order valence-corrected chi connectivity index (χ1v) is 6.33. The summed E-state index contributed by atoms with van der Waals surface area (Å²) in [7, 11) is 0. The van der Waals surface area contributed by atoms with Crippen molar-refractivity contribution in [2.75, 3.05) is 13.1 Å². The maximum atomic E-state index is 11.9. The van der Waals surface area contributed by atoms with E-state index in [2.05, 4.69) is 5.32 Å². The smallest absolute Gasteiger partial charge is 0.312 e. The maximum Gasteiger partial charge on any atom is 0.312 e. The van der Waals surface area contributed by atoms with Gasteiger partial charge in [0.15, 0.2) is 0 Å². The number of amides is 2. The molecule has 1 heterocycles. The van der Waals surface area contributed by atoms with Crippen LogP contribution < -0.4 is 5.32 Å². The predicted octanol–water partition coefficient (Wildman–Crippen LogP) is 0.274. The van der Waals surface area contributed by atoms with Crippen LogP contribution in [0.1, 0.15) is 39.5 Å². The number of aliphatic hydroxyl groups is 1. The van der Waals surface area contributed by atoms with Crippen LogP contribution in [0.25, 0.3) is 0 Å². The fourth-order valence-corrected chi connectivity index (χ4v) is 2.14. The molecule has 2 unspecified atom stereocenters. The molecule has 0 radical (unpaired) electrons. The van der Waals surface area contributed by atoms with E-state index in [0.717, 1.165) is 25.7 Å². The Hall–Kier alpha value is -1.10. The molecule has 1 saturated heterocycles. The highest BCUT2D eigenvalue weighted by atomic mass is 16.3. The lowest BCUT2D eigenvalue weighted by Gasteiger charge is -2.34. The molecule has 0 spiro atoms. The number of rotatable bonds is 3. The van der Waals surface area contributed by atoms with Crippen molar-refractivity contribution in [1.82, 2.24) is 10.2 Å². The SMILES string of the molecule is CCC1CCCCN1C(=O)C(=O)NCC(C)O. The van der Waals surface area contributed by atoms with Crippen molar-refractivity contribution in [3.63, 3.8) is 0 Å². The summed E-state index contributed by atoms with van der Waals surface area (Å²) >= 11 is 0. The molecule has 2 atom stereocenters. The number of piperidine rings is 1. The lowest BCUT2D eigenvalue weighted by molar-refractivity contribution is -0.148. The Morgan fingerprint density at radius 2 is 2.18 bits per heavy atom. The first-order valence-electron chi connectivity index (χ1n) is 6.33. The van der Waals surface area contributed by atoms with Gasteiger partial charge in [-0.2, -0.15) is 0 Å². The summed E-state index contributed by atoms with van der Waals surface area (Å²) in [6.45, 7) is 4.39. The number of likely N-dealkylation sites (tertiary alicyclic amines) is 1. The normalized spacial score (nSPS) is 22.1. The van der Waals surface area contributed by atoms with E-state index in [4.69, 9.17) is 5.11 Å². The van der Waals surface area contributed by atoms with Crippen LogP contribution in [0.5, 0.6) is 0 Å². The van der Waals surface area contributed by atoms with Gasteiger partial charge in [0, 0.05) is 19.1 Å². The number of carbonyl (C=O) groups excluding carboxylic acids is 2. The Labute approximate surface area is 102 Å². The van der Waals surface area contributed by atoms with Crippen LogP contribution in [0.15, 0.2) is 0 Å². The van der Waals surface area contributed by atoms with Gasteiger partial charge in [-0.3, -0.25) is 9.59 Å². The number of hydrogen-bond donors (Lipinski definition) is 2. The first-order chi connectivity index (χ1) is 8.06. The molecule has 98 valence electrons. The molecule has 0 aromatic carbocycles. The van der Waals surface area contributed by atoms with E-state index < -0.39 is 17.9 Å². The summed E-state index contributed by atoms with van der Waals surface area (Å²) in [4.78, 5) is 25.2. The van der Waals surface area contributed by atoms with Crippen LogP contribution in [0.2, 0.25) is 0 Å². The van der Waals surface area contributed by atoms with Gasteiger partial charge in [-0.15, -0.1) is 0 Å². The lowest BCUT2D eigenvalue weighted by atomic mass is 10.00. The Bertz CT molecular complexity index is 279. The van der Waals surface area contributed by atoms with Crippen LogP contribution in [-0.4, -0.2) is 47.1 Å². The Morgan fingerprint density at radius 1 is 1.47 bits per heavy atom. The minimum atomic E-state index is -0.630. The van der Waals surface area contributed by atoms with Crippen LogP contribution in [0.3, 0.4) is 0 Å². The van der Waals surface area contributed by atoms with Gasteiger partial charge < -0.3 is 15.3 Å². The van der Waals surface area contributed by atoms with E-state index in [1.165, 1.54) is 0 Å². The summed E-state index contributed by atoms with van der Waals surface area (Å²) in [6.07, 6.45) is 3.32. The van der Waals surface area contributed by atoms with Gasteiger partial charge in [0.1, 0.15) is 0 Å². The molecule has 2 N–H and O–H groups in total. The fraction of sp³-hybridized carbons (Fsp3) is 0.833. The molecule has 1 aliphatic heterocycles. The molecule has 1 fully saturated rings. The van der Waals surface area contributed by atoms with Gasteiger partial charge in [-0.05, 0) is 32.6 Å². The first kappa shape index (κ1) is 14.0. The minimum absolute atomic E-state index is 0.120. The highest BCUT2D eigenvalue weighted by Crippen LogP contribution is 2.19. The van der Waals surface area contributed by atoms with Crippen molar-refractivity contribution in [2.24, 2.45) is 0 Å². The van der Waals surface area contributed by atoms with Crippen LogP contribution >= 0.6 is 0 Å². The van der Waals surface area contributed by atoms with E-state index in [9.17, 15) is 9.59 Å². The van der Waals surface area contributed by atoms with Crippen molar-refractivity contribution in [3.05, 3.63) is 0 Å². The zero-order valence-electron chi connectivity index (χ0n) is 10.6. The van der Waals surface area contributed by atoms with Crippen molar-refractivity contribution >= 4 is 11.8 Å². The summed E-state index contributed by atoms with van der Waals surface area (Å²) in [5.41, 5.74) is 0. The van der Waals surface area contributed by atoms with Gasteiger partial charge in [0.25, 0.3) is 0 Å². The summed E-state index contributed by atoms with van der Waals surface area (Å²) in [5, 5.41) is 11.5.